The fourth-order valence-electron chi connectivity index (χ4n) is 2.04. The zero-order valence-electron chi connectivity index (χ0n) is 9.69. The van der Waals surface area contributed by atoms with Crippen LogP contribution in [0, 0.1) is 0 Å². The summed E-state index contributed by atoms with van der Waals surface area (Å²) in [5.41, 5.74) is -0.895. The summed E-state index contributed by atoms with van der Waals surface area (Å²) in [5.74, 6) is 0. The molecule has 1 N–H and O–H groups in total. The van der Waals surface area contributed by atoms with Gasteiger partial charge in [0.2, 0.25) is 10.0 Å². The Balaban J connectivity index is 2.18. The minimum Gasteiger partial charge on any atom is -0.387 e. The molecule has 0 atom stereocenters. The van der Waals surface area contributed by atoms with Gasteiger partial charge in [-0.05, 0) is 12.5 Å². The minimum atomic E-state index is -3.63. The monoisotopic (exact) mass is 329 g/mol. The van der Waals surface area contributed by atoms with Gasteiger partial charge in [0.25, 0.3) is 0 Å². The molecule has 0 amide bonds. The van der Waals surface area contributed by atoms with Crippen molar-refractivity contribution in [3.8, 4) is 0 Å². The number of thiophene rings is 1. The maximum Gasteiger partial charge on any atom is 0.245 e. The number of hydrogen-bond donors (Lipinski definition) is 1. The van der Waals surface area contributed by atoms with Crippen molar-refractivity contribution in [1.82, 2.24) is 4.31 Å². The fourth-order valence-corrected chi connectivity index (χ4v) is 5.76. The van der Waals surface area contributed by atoms with Gasteiger partial charge in [-0.3, -0.25) is 0 Å². The van der Waals surface area contributed by atoms with E-state index in [2.05, 4.69) is 0 Å². The van der Waals surface area contributed by atoms with Gasteiger partial charge in [0.05, 0.1) is 9.94 Å². The van der Waals surface area contributed by atoms with Gasteiger partial charge in [-0.1, -0.05) is 36.5 Å². The largest absolute Gasteiger partial charge is 0.387 e. The molecule has 0 aromatic carbocycles. The normalized spacial score (nSPS) is 19.8. The van der Waals surface area contributed by atoms with Gasteiger partial charge in [-0.2, -0.15) is 4.31 Å². The van der Waals surface area contributed by atoms with Crippen molar-refractivity contribution in [2.24, 2.45) is 0 Å². The summed E-state index contributed by atoms with van der Waals surface area (Å²) in [6.45, 7) is 2.19. The molecule has 0 aliphatic carbocycles. The van der Waals surface area contributed by atoms with Crippen LogP contribution in [-0.2, 0) is 10.0 Å². The highest BCUT2D eigenvalue weighted by atomic mass is 35.5. The first kappa shape index (κ1) is 14.6. The van der Waals surface area contributed by atoms with E-state index in [1.54, 1.807) is 0 Å². The van der Waals surface area contributed by atoms with Crippen molar-refractivity contribution in [1.29, 1.82) is 0 Å². The maximum absolute atomic E-state index is 12.2. The zero-order chi connectivity index (χ0) is 13.6. The lowest BCUT2D eigenvalue weighted by atomic mass is 9.92. The van der Waals surface area contributed by atoms with E-state index < -0.39 is 15.6 Å². The van der Waals surface area contributed by atoms with Crippen LogP contribution in [0.5, 0.6) is 0 Å². The first-order valence-electron chi connectivity index (χ1n) is 5.46. The second kappa shape index (κ2) is 4.92. The number of hydrogen-bond acceptors (Lipinski definition) is 4. The predicted octanol–water partition coefficient (Wildman–Crippen LogP) is 2.59. The summed E-state index contributed by atoms with van der Waals surface area (Å²) >= 11 is 12.6. The summed E-state index contributed by atoms with van der Waals surface area (Å²) in [6.07, 6.45) is 1.41. The Kier molecular flexibility index (Phi) is 3.98. The van der Waals surface area contributed by atoms with Gasteiger partial charge in [-0.25, -0.2) is 8.42 Å². The van der Waals surface area contributed by atoms with E-state index in [0.29, 0.717) is 10.8 Å². The average molecular weight is 330 g/mol. The molecule has 0 unspecified atom stereocenters. The lowest BCUT2D eigenvalue weighted by molar-refractivity contribution is -0.0653. The molecule has 1 fully saturated rings. The van der Waals surface area contributed by atoms with E-state index in [0.717, 1.165) is 17.8 Å². The van der Waals surface area contributed by atoms with E-state index in [1.807, 2.05) is 6.92 Å². The molecule has 1 aromatic rings. The van der Waals surface area contributed by atoms with Crippen molar-refractivity contribution < 1.29 is 13.5 Å². The van der Waals surface area contributed by atoms with Crippen molar-refractivity contribution in [2.45, 2.75) is 30.3 Å². The Morgan fingerprint density at radius 3 is 2.56 bits per heavy atom. The fraction of sp³-hybridized carbons (Fsp3) is 0.600. The molecule has 4 nitrogen and oxygen atoms in total. The number of halogens is 2. The molecule has 2 heterocycles. The molecule has 1 aromatic heterocycles. The molecule has 1 aliphatic rings. The van der Waals surface area contributed by atoms with E-state index in [1.165, 1.54) is 10.4 Å². The molecule has 0 radical (unpaired) electrons. The van der Waals surface area contributed by atoms with Gasteiger partial charge >= 0.3 is 0 Å². The van der Waals surface area contributed by atoms with Crippen LogP contribution in [0.4, 0.5) is 0 Å². The molecule has 1 saturated heterocycles. The molecular formula is C10H13Cl2NO3S2. The third-order valence-corrected chi connectivity index (χ3v) is 6.44. The number of rotatable bonds is 4. The lowest BCUT2D eigenvalue weighted by Gasteiger charge is -2.45. The summed E-state index contributed by atoms with van der Waals surface area (Å²) in [5, 5.41) is 10.0. The van der Waals surface area contributed by atoms with Crippen LogP contribution < -0.4 is 0 Å². The molecule has 1 aliphatic heterocycles. The lowest BCUT2D eigenvalue weighted by Crippen LogP contribution is -2.63. The van der Waals surface area contributed by atoms with E-state index in [4.69, 9.17) is 23.2 Å². The maximum atomic E-state index is 12.2. The van der Waals surface area contributed by atoms with Gasteiger partial charge in [-0.15, -0.1) is 11.3 Å². The summed E-state index contributed by atoms with van der Waals surface area (Å²) in [4.78, 5) is 0.0257. The quantitative estimate of drug-likeness (QED) is 0.923. The minimum absolute atomic E-state index is 0.0257. The highest BCUT2D eigenvalue weighted by Gasteiger charge is 2.47. The molecule has 0 bridgehead atoms. The van der Waals surface area contributed by atoms with Gasteiger partial charge in [0.15, 0.2) is 0 Å². The number of sulfonamides is 1. The van der Waals surface area contributed by atoms with Crippen LogP contribution in [0.15, 0.2) is 11.0 Å². The Hall–Kier alpha value is 0.150. The third kappa shape index (κ3) is 2.55. The standard InChI is InChI=1S/C10H13Cl2NO3S2/c1-2-3-10(14)5-13(6-10)18(15,16)7-4-8(11)17-9(7)12/h4,14H,2-3,5-6H2,1H3. The molecule has 18 heavy (non-hydrogen) atoms. The predicted molar refractivity (Wildman–Crippen MR) is 73.0 cm³/mol. The molecule has 102 valence electrons. The van der Waals surface area contributed by atoms with Gasteiger partial charge in [0, 0.05) is 13.1 Å². The van der Waals surface area contributed by atoms with Gasteiger partial charge < -0.3 is 5.11 Å². The van der Waals surface area contributed by atoms with Crippen LogP contribution in [-0.4, -0.2) is 36.5 Å². The highest BCUT2D eigenvalue weighted by molar-refractivity contribution is 7.89. The van der Waals surface area contributed by atoms with Crippen molar-refractivity contribution >= 4 is 44.6 Å². The Bertz CT molecular complexity index is 549. The second-order valence-electron chi connectivity index (χ2n) is 4.44. The zero-order valence-corrected chi connectivity index (χ0v) is 12.8. The topological polar surface area (TPSA) is 57.6 Å². The summed E-state index contributed by atoms with van der Waals surface area (Å²) in [7, 11) is -3.63. The van der Waals surface area contributed by atoms with Crippen LogP contribution >= 0.6 is 34.5 Å². The molecule has 0 spiro atoms. The van der Waals surface area contributed by atoms with Crippen molar-refractivity contribution in [2.75, 3.05) is 13.1 Å². The SMILES string of the molecule is CCCC1(O)CN(S(=O)(=O)c2cc(Cl)sc2Cl)C1. The molecular weight excluding hydrogens is 317 g/mol. The summed E-state index contributed by atoms with van der Waals surface area (Å²) in [6, 6.07) is 1.35. The van der Waals surface area contributed by atoms with Crippen LogP contribution in [0.2, 0.25) is 8.67 Å². The Labute approximate surface area is 120 Å². The molecule has 8 heteroatoms. The van der Waals surface area contributed by atoms with Crippen LogP contribution in [0.1, 0.15) is 19.8 Å². The Morgan fingerprint density at radius 2 is 2.11 bits per heavy atom. The number of aliphatic hydroxyl groups is 1. The van der Waals surface area contributed by atoms with Gasteiger partial charge in [0.1, 0.15) is 9.23 Å². The van der Waals surface area contributed by atoms with Crippen LogP contribution in [0.3, 0.4) is 0 Å². The second-order valence-corrected chi connectivity index (χ2v) is 8.63. The van der Waals surface area contributed by atoms with Crippen molar-refractivity contribution in [3.63, 3.8) is 0 Å². The molecule has 2 rings (SSSR count). The number of β-amino-alcohol motifs (C(OH)–C–C–N with tert-alkyl or cyclic N) is 1. The van der Waals surface area contributed by atoms with E-state index in [-0.39, 0.29) is 22.3 Å². The first-order valence-corrected chi connectivity index (χ1v) is 8.47. The smallest absolute Gasteiger partial charge is 0.245 e. The average Bonchev–Trinajstić information content (AvgIpc) is 2.55. The highest BCUT2D eigenvalue weighted by Crippen LogP contribution is 2.38. The number of nitrogens with zero attached hydrogens (tertiary/aromatic N) is 1. The van der Waals surface area contributed by atoms with Crippen LogP contribution in [0.25, 0.3) is 0 Å². The van der Waals surface area contributed by atoms with E-state index in [9.17, 15) is 13.5 Å². The van der Waals surface area contributed by atoms with E-state index >= 15 is 0 Å². The van der Waals surface area contributed by atoms with Crippen molar-refractivity contribution in [3.05, 3.63) is 14.7 Å². The third-order valence-electron chi connectivity index (χ3n) is 2.90. The first-order chi connectivity index (χ1) is 8.28. The Morgan fingerprint density at radius 1 is 1.50 bits per heavy atom. The summed E-state index contributed by atoms with van der Waals surface area (Å²) < 4.78 is 26.2. The molecule has 0 saturated carbocycles.